The van der Waals surface area contributed by atoms with Crippen LogP contribution in [0.4, 0.5) is 0 Å². The van der Waals surface area contributed by atoms with Crippen LogP contribution >= 0.6 is 0 Å². The highest BCUT2D eigenvalue weighted by molar-refractivity contribution is 5.71. The molecule has 0 spiro atoms. The van der Waals surface area contributed by atoms with Gasteiger partial charge in [-0.1, -0.05) is 198 Å². The number of ether oxygens (including phenoxy) is 3. The van der Waals surface area contributed by atoms with Crippen molar-refractivity contribution in [2.24, 2.45) is 0 Å². The number of carbonyl (C=O) groups is 3. The predicted octanol–water partition coefficient (Wildman–Crippen LogP) is 15.9. The van der Waals surface area contributed by atoms with Gasteiger partial charge in [0.05, 0.1) is 0 Å². The first-order valence-electron chi connectivity index (χ1n) is 24.6. The zero-order valence-corrected chi connectivity index (χ0v) is 38.3. The molecule has 6 heteroatoms. The SMILES string of the molecule is CC/C=C\C/C=C\C/C=C\CCCCCCCC(=O)OCC(COC(=O)CCCCCCC/C=C\CCCCC)OC(=O)CCCCCCCCCCCCCCC. The summed E-state index contributed by atoms with van der Waals surface area (Å²) < 4.78 is 16.7. The maximum absolute atomic E-state index is 12.8. The zero-order valence-electron chi connectivity index (χ0n) is 38.3. The molecule has 1 unspecified atom stereocenters. The maximum atomic E-state index is 12.8. The van der Waals surface area contributed by atoms with Crippen molar-refractivity contribution in [1.82, 2.24) is 0 Å². The molecule has 0 amide bonds. The van der Waals surface area contributed by atoms with Gasteiger partial charge in [-0.25, -0.2) is 0 Å². The fourth-order valence-corrected chi connectivity index (χ4v) is 6.86. The molecule has 58 heavy (non-hydrogen) atoms. The molecule has 0 aromatic carbocycles. The Balaban J connectivity index is 4.40. The first-order chi connectivity index (χ1) is 28.5. The van der Waals surface area contributed by atoms with Gasteiger partial charge in [-0.15, -0.1) is 0 Å². The molecule has 0 fully saturated rings. The standard InChI is InChI=1S/C52H92O6/c1-4-7-10-13-16-19-22-25-26-28-30-33-36-39-42-45-51(54)57-48-49(47-56-50(53)44-41-38-35-32-29-24-21-18-15-12-9-6-3)58-52(55)46-43-40-37-34-31-27-23-20-17-14-11-8-5-2/h7,10,16,18-19,21,25-26,49H,4-6,8-9,11-15,17,20,22-24,27-48H2,1-3H3/b10-7-,19-16-,21-18-,26-25-. The molecule has 0 N–H and O–H groups in total. The maximum Gasteiger partial charge on any atom is 0.306 e. The van der Waals surface area contributed by atoms with Crippen molar-refractivity contribution in [3.63, 3.8) is 0 Å². The monoisotopic (exact) mass is 813 g/mol. The van der Waals surface area contributed by atoms with Crippen LogP contribution in [-0.2, 0) is 28.6 Å². The van der Waals surface area contributed by atoms with Crippen LogP contribution < -0.4 is 0 Å². The van der Waals surface area contributed by atoms with Crippen LogP contribution in [0.3, 0.4) is 0 Å². The highest BCUT2D eigenvalue weighted by Gasteiger charge is 2.19. The third kappa shape index (κ3) is 44.5. The lowest BCUT2D eigenvalue weighted by Gasteiger charge is -2.18. The number of unbranched alkanes of at least 4 members (excludes halogenated alkanes) is 25. The third-order valence-corrected chi connectivity index (χ3v) is 10.6. The number of hydrogen-bond donors (Lipinski definition) is 0. The van der Waals surface area contributed by atoms with E-state index in [4.69, 9.17) is 14.2 Å². The van der Waals surface area contributed by atoms with Gasteiger partial charge < -0.3 is 14.2 Å². The molecule has 0 aliphatic rings. The van der Waals surface area contributed by atoms with E-state index in [2.05, 4.69) is 69.4 Å². The van der Waals surface area contributed by atoms with Gasteiger partial charge in [0.1, 0.15) is 13.2 Å². The molecule has 0 saturated carbocycles. The minimum atomic E-state index is -0.779. The number of hydrogen-bond acceptors (Lipinski definition) is 6. The Morgan fingerprint density at radius 3 is 1.10 bits per heavy atom. The van der Waals surface area contributed by atoms with E-state index in [1.165, 1.54) is 103 Å². The van der Waals surface area contributed by atoms with Crippen LogP contribution in [0.25, 0.3) is 0 Å². The van der Waals surface area contributed by atoms with Gasteiger partial charge in [-0.05, 0) is 77.0 Å². The summed E-state index contributed by atoms with van der Waals surface area (Å²) in [5.41, 5.74) is 0. The summed E-state index contributed by atoms with van der Waals surface area (Å²) in [6.07, 6.45) is 55.2. The van der Waals surface area contributed by atoms with E-state index < -0.39 is 6.10 Å². The Hall–Kier alpha value is -2.63. The molecule has 0 radical (unpaired) electrons. The molecule has 0 aliphatic heterocycles. The smallest absolute Gasteiger partial charge is 0.306 e. The first-order valence-corrected chi connectivity index (χ1v) is 24.6. The summed E-state index contributed by atoms with van der Waals surface area (Å²) in [5.74, 6) is -0.902. The minimum absolute atomic E-state index is 0.0813. The molecule has 0 bridgehead atoms. The van der Waals surface area contributed by atoms with Gasteiger partial charge in [0.2, 0.25) is 0 Å². The van der Waals surface area contributed by atoms with Gasteiger partial charge in [0.25, 0.3) is 0 Å². The van der Waals surface area contributed by atoms with Gasteiger partial charge in [-0.2, -0.15) is 0 Å². The minimum Gasteiger partial charge on any atom is -0.462 e. The van der Waals surface area contributed by atoms with Crippen LogP contribution in [-0.4, -0.2) is 37.2 Å². The van der Waals surface area contributed by atoms with E-state index in [1.54, 1.807) is 0 Å². The molecule has 0 saturated heterocycles. The van der Waals surface area contributed by atoms with Crippen molar-refractivity contribution >= 4 is 17.9 Å². The fraction of sp³-hybridized carbons (Fsp3) is 0.788. The van der Waals surface area contributed by atoms with E-state index >= 15 is 0 Å². The predicted molar refractivity (Wildman–Crippen MR) is 247 cm³/mol. The topological polar surface area (TPSA) is 78.9 Å². The number of carbonyl (C=O) groups excluding carboxylic acids is 3. The molecule has 0 heterocycles. The normalized spacial score (nSPS) is 12.4. The van der Waals surface area contributed by atoms with Crippen LogP contribution in [0.2, 0.25) is 0 Å². The van der Waals surface area contributed by atoms with Crippen molar-refractivity contribution in [3.05, 3.63) is 48.6 Å². The van der Waals surface area contributed by atoms with Crippen LogP contribution in [0.15, 0.2) is 48.6 Å². The average molecular weight is 813 g/mol. The fourth-order valence-electron chi connectivity index (χ4n) is 6.86. The number of rotatable bonds is 44. The molecular weight excluding hydrogens is 721 g/mol. The number of allylic oxidation sites excluding steroid dienone is 8. The molecule has 0 aromatic rings. The highest BCUT2D eigenvalue weighted by Crippen LogP contribution is 2.15. The second-order valence-electron chi connectivity index (χ2n) is 16.3. The molecule has 0 aromatic heterocycles. The third-order valence-electron chi connectivity index (χ3n) is 10.6. The van der Waals surface area contributed by atoms with Crippen LogP contribution in [0.5, 0.6) is 0 Å². The summed E-state index contributed by atoms with van der Waals surface area (Å²) in [5, 5.41) is 0. The molecule has 6 nitrogen and oxygen atoms in total. The van der Waals surface area contributed by atoms with E-state index in [-0.39, 0.29) is 31.1 Å². The van der Waals surface area contributed by atoms with Crippen molar-refractivity contribution in [2.45, 2.75) is 252 Å². The van der Waals surface area contributed by atoms with Crippen LogP contribution in [0.1, 0.15) is 245 Å². The average Bonchev–Trinajstić information content (AvgIpc) is 3.22. The number of esters is 3. The molecule has 0 rings (SSSR count). The lowest BCUT2D eigenvalue weighted by Crippen LogP contribution is -2.30. The summed E-state index contributed by atoms with van der Waals surface area (Å²) >= 11 is 0. The first kappa shape index (κ1) is 55.4. The van der Waals surface area contributed by atoms with E-state index in [0.29, 0.717) is 19.3 Å². The second-order valence-corrected chi connectivity index (χ2v) is 16.3. The summed E-state index contributed by atoms with van der Waals surface area (Å²) in [6.45, 7) is 6.48. The van der Waals surface area contributed by atoms with Gasteiger partial charge >= 0.3 is 17.9 Å². The van der Waals surface area contributed by atoms with E-state index in [9.17, 15) is 14.4 Å². The van der Waals surface area contributed by atoms with E-state index in [1.807, 2.05) is 0 Å². The van der Waals surface area contributed by atoms with Gasteiger partial charge in [0.15, 0.2) is 6.10 Å². The Labute approximate surface area is 358 Å². The van der Waals surface area contributed by atoms with Crippen LogP contribution in [0, 0.1) is 0 Å². The van der Waals surface area contributed by atoms with Crippen molar-refractivity contribution in [3.8, 4) is 0 Å². The highest BCUT2D eigenvalue weighted by atomic mass is 16.6. The zero-order chi connectivity index (χ0) is 42.3. The Morgan fingerprint density at radius 1 is 0.362 bits per heavy atom. The van der Waals surface area contributed by atoms with Gasteiger partial charge in [-0.3, -0.25) is 14.4 Å². The summed E-state index contributed by atoms with van der Waals surface area (Å²) in [6, 6.07) is 0. The second kappa shape index (κ2) is 47.1. The quantitative estimate of drug-likeness (QED) is 0.0264. The Kier molecular flexibility index (Phi) is 44.9. The van der Waals surface area contributed by atoms with Crippen molar-refractivity contribution in [2.75, 3.05) is 13.2 Å². The summed E-state index contributed by atoms with van der Waals surface area (Å²) in [7, 11) is 0. The Bertz CT molecular complexity index is 1030. The van der Waals surface area contributed by atoms with E-state index in [0.717, 1.165) is 103 Å². The lowest BCUT2D eigenvalue weighted by molar-refractivity contribution is -0.167. The largest absolute Gasteiger partial charge is 0.462 e. The Morgan fingerprint density at radius 2 is 0.672 bits per heavy atom. The molecule has 1 atom stereocenters. The van der Waals surface area contributed by atoms with Crippen molar-refractivity contribution in [1.29, 1.82) is 0 Å². The van der Waals surface area contributed by atoms with Gasteiger partial charge in [0, 0.05) is 19.3 Å². The summed E-state index contributed by atoms with van der Waals surface area (Å²) in [4.78, 5) is 37.9. The molecule has 0 aliphatic carbocycles. The van der Waals surface area contributed by atoms with Crippen molar-refractivity contribution < 1.29 is 28.6 Å². The molecule has 336 valence electrons. The lowest BCUT2D eigenvalue weighted by atomic mass is 10.0. The molecular formula is C52H92O6.